The number of pyridine rings is 1. The van der Waals surface area contributed by atoms with Crippen LogP contribution in [0.5, 0.6) is 5.75 Å². The lowest BCUT2D eigenvalue weighted by Gasteiger charge is -2.22. The number of rotatable bonds is 8. The number of nitrogens with zero attached hydrogens (tertiary/aromatic N) is 1. The van der Waals surface area contributed by atoms with Crippen LogP contribution in [0, 0.1) is 5.92 Å². The van der Waals surface area contributed by atoms with E-state index in [9.17, 15) is 9.59 Å². The van der Waals surface area contributed by atoms with Crippen LogP contribution in [0.15, 0.2) is 18.3 Å². The molecule has 0 spiro atoms. The molecule has 1 aliphatic carbocycles. The number of carbonyl (C=O) groups is 2. The topological polar surface area (TPSA) is 89.5 Å². The smallest absolute Gasteiger partial charge is 0.407 e. The predicted octanol–water partition coefficient (Wildman–Crippen LogP) is 4.28. The number of hydrogen-bond donors (Lipinski definition) is 2. The van der Waals surface area contributed by atoms with Crippen LogP contribution in [0.4, 0.5) is 10.6 Å². The molecule has 0 aliphatic heterocycles. The van der Waals surface area contributed by atoms with E-state index in [1.807, 2.05) is 6.07 Å². The van der Waals surface area contributed by atoms with Crippen LogP contribution in [0.25, 0.3) is 0 Å². The average Bonchev–Trinajstić information content (AvgIpc) is 2.64. The first-order valence-corrected chi connectivity index (χ1v) is 10.2. The van der Waals surface area contributed by atoms with Crippen molar-refractivity contribution in [3.05, 3.63) is 18.3 Å². The minimum absolute atomic E-state index is 0.160. The quantitative estimate of drug-likeness (QED) is 0.646. The summed E-state index contributed by atoms with van der Waals surface area (Å²) in [7, 11) is 0. The van der Waals surface area contributed by atoms with Gasteiger partial charge in [-0.25, -0.2) is 9.78 Å². The highest BCUT2D eigenvalue weighted by Gasteiger charge is 2.17. The van der Waals surface area contributed by atoms with Crippen LogP contribution in [0.3, 0.4) is 0 Å². The molecule has 1 aliphatic rings. The van der Waals surface area contributed by atoms with E-state index in [2.05, 4.69) is 15.6 Å². The standard InChI is InChI=1S/C21H33N3O4/c1-21(2,3)28-20(26)23-14-8-12-18(25)24-19-17(11-7-13-22-19)27-15-16-9-5-4-6-10-16/h7,11,13,16H,4-6,8-10,12,14-15H2,1-3H3,(H,23,26)(H,22,24,25). The maximum Gasteiger partial charge on any atom is 0.407 e. The molecule has 0 aromatic carbocycles. The van der Waals surface area contributed by atoms with E-state index in [1.54, 1.807) is 33.0 Å². The first-order chi connectivity index (χ1) is 13.3. The molecular formula is C21H33N3O4. The Morgan fingerprint density at radius 3 is 2.68 bits per heavy atom. The summed E-state index contributed by atoms with van der Waals surface area (Å²) in [5.74, 6) is 1.47. The third-order valence-corrected chi connectivity index (χ3v) is 4.48. The molecule has 1 heterocycles. The Balaban J connectivity index is 1.72. The molecule has 1 saturated carbocycles. The Morgan fingerprint density at radius 1 is 1.21 bits per heavy atom. The largest absolute Gasteiger partial charge is 0.489 e. The minimum atomic E-state index is -0.533. The SMILES string of the molecule is CC(C)(C)OC(=O)NCCCC(=O)Nc1ncccc1OCC1CCCCC1. The molecule has 0 radical (unpaired) electrons. The van der Waals surface area contributed by atoms with Gasteiger partial charge in [-0.3, -0.25) is 4.79 Å². The van der Waals surface area contributed by atoms with Crippen LogP contribution in [-0.2, 0) is 9.53 Å². The van der Waals surface area contributed by atoms with Crippen molar-refractivity contribution in [2.24, 2.45) is 5.92 Å². The molecule has 7 nitrogen and oxygen atoms in total. The average molecular weight is 392 g/mol. The maximum absolute atomic E-state index is 12.2. The first-order valence-electron chi connectivity index (χ1n) is 10.2. The third-order valence-electron chi connectivity index (χ3n) is 4.48. The minimum Gasteiger partial charge on any atom is -0.489 e. The highest BCUT2D eigenvalue weighted by molar-refractivity contribution is 5.91. The lowest BCUT2D eigenvalue weighted by molar-refractivity contribution is -0.116. The number of amides is 2. The molecule has 1 aromatic heterocycles. The Hall–Kier alpha value is -2.31. The molecular weight excluding hydrogens is 358 g/mol. The normalized spacial score (nSPS) is 15.0. The van der Waals surface area contributed by atoms with Crippen molar-refractivity contribution in [1.82, 2.24) is 10.3 Å². The molecule has 0 unspecified atom stereocenters. The Labute approximate surface area is 167 Å². The number of ether oxygens (including phenoxy) is 2. The van der Waals surface area contributed by atoms with E-state index in [-0.39, 0.29) is 12.3 Å². The van der Waals surface area contributed by atoms with Gasteiger partial charge in [0.05, 0.1) is 6.61 Å². The molecule has 1 aromatic rings. The summed E-state index contributed by atoms with van der Waals surface area (Å²) in [6.45, 7) is 6.45. The van der Waals surface area contributed by atoms with Crippen molar-refractivity contribution in [1.29, 1.82) is 0 Å². The van der Waals surface area contributed by atoms with Gasteiger partial charge in [-0.05, 0) is 58.1 Å². The molecule has 28 heavy (non-hydrogen) atoms. The van der Waals surface area contributed by atoms with Crippen LogP contribution in [0.1, 0.15) is 65.7 Å². The highest BCUT2D eigenvalue weighted by Crippen LogP contribution is 2.27. The van der Waals surface area contributed by atoms with Gasteiger partial charge in [-0.2, -0.15) is 0 Å². The van der Waals surface area contributed by atoms with E-state index < -0.39 is 11.7 Å². The Kier molecular flexibility index (Phi) is 8.54. The molecule has 2 N–H and O–H groups in total. The van der Waals surface area contributed by atoms with Crippen LogP contribution in [-0.4, -0.2) is 35.7 Å². The fraction of sp³-hybridized carbons (Fsp3) is 0.667. The fourth-order valence-electron chi connectivity index (χ4n) is 3.11. The summed E-state index contributed by atoms with van der Waals surface area (Å²) in [5.41, 5.74) is -0.533. The second kappa shape index (κ2) is 10.9. The maximum atomic E-state index is 12.2. The van der Waals surface area contributed by atoms with Crippen molar-refractivity contribution in [3.63, 3.8) is 0 Å². The number of carbonyl (C=O) groups excluding carboxylic acids is 2. The molecule has 0 saturated heterocycles. The number of aromatic nitrogens is 1. The zero-order valence-corrected chi connectivity index (χ0v) is 17.3. The summed E-state index contributed by atoms with van der Waals surface area (Å²) < 4.78 is 11.1. The van der Waals surface area contributed by atoms with Crippen molar-refractivity contribution < 1.29 is 19.1 Å². The van der Waals surface area contributed by atoms with E-state index >= 15 is 0 Å². The van der Waals surface area contributed by atoms with Crippen LogP contribution < -0.4 is 15.4 Å². The molecule has 7 heteroatoms. The van der Waals surface area contributed by atoms with E-state index in [0.29, 0.717) is 37.1 Å². The van der Waals surface area contributed by atoms with Crippen molar-refractivity contribution >= 4 is 17.8 Å². The van der Waals surface area contributed by atoms with Crippen molar-refractivity contribution in [2.75, 3.05) is 18.5 Å². The molecule has 0 bridgehead atoms. The Bertz CT molecular complexity index is 637. The molecule has 156 valence electrons. The van der Waals surface area contributed by atoms with E-state index in [0.717, 1.165) is 0 Å². The van der Waals surface area contributed by atoms with Gasteiger partial charge in [0.2, 0.25) is 5.91 Å². The zero-order chi connectivity index (χ0) is 20.4. The van der Waals surface area contributed by atoms with Crippen molar-refractivity contribution in [2.45, 2.75) is 71.3 Å². The third kappa shape index (κ3) is 8.59. The number of alkyl carbamates (subject to hydrolysis) is 1. The number of hydrogen-bond acceptors (Lipinski definition) is 5. The number of anilines is 1. The summed E-state index contributed by atoms with van der Waals surface area (Å²) >= 11 is 0. The number of nitrogens with one attached hydrogen (secondary N) is 2. The monoisotopic (exact) mass is 391 g/mol. The fourth-order valence-corrected chi connectivity index (χ4v) is 3.11. The summed E-state index contributed by atoms with van der Waals surface area (Å²) in [4.78, 5) is 28.0. The Morgan fingerprint density at radius 2 is 1.96 bits per heavy atom. The predicted molar refractivity (Wildman–Crippen MR) is 108 cm³/mol. The summed E-state index contributed by atoms with van der Waals surface area (Å²) in [5, 5.41) is 5.45. The van der Waals surface area contributed by atoms with E-state index in [4.69, 9.17) is 9.47 Å². The van der Waals surface area contributed by atoms with E-state index in [1.165, 1.54) is 32.1 Å². The van der Waals surface area contributed by atoms with Crippen LogP contribution in [0.2, 0.25) is 0 Å². The second-order valence-corrected chi connectivity index (χ2v) is 8.25. The van der Waals surface area contributed by atoms with Gasteiger partial charge >= 0.3 is 6.09 Å². The van der Waals surface area contributed by atoms with Gasteiger partial charge in [-0.1, -0.05) is 19.3 Å². The molecule has 2 amide bonds. The zero-order valence-electron chi connectivity index (χ0n) is 17.3. The van der Waals surface area contributed by atoms with Gasteiger partial charge < -0.3 is 20.1 Å². The molecule has 2 rings (SSSR count). The summed E-state index contributed by atoms with van der Waals surface area (Å²) in [6.07, 6.45) is 8.19. The van der Waals surface area contributed by atoms with Gasteiger partial charge in [0, 0.05) is 19.2 Å². The second-order valence-electron chi connectivity index (χ2n) is 8.25. The van der Waals surface area contributed by atoms with Gasteiger partial charge in [0.1, 0.15) is 5.60 Å². The lowest BCUT2D eigenvalue weighted by atomic mass is 9.90. The lowest BCUT2D eigenvalue weighted by Crippen LogP contribution is -2.33. The first kappa shape index (κ1) is 22.0. The van der Waals surface area contributed by atoms with Gasteiger partial charge in [0.25, 0.3) is 0 Å². The van der Waals surface area contributed by atoms with Gasteiger partial charge in [0.15, 0.2) is 11.6 Å². The van der Waals surface area contributed by atoms with Gasteiger partial charge in [-0.15, -0.1) is 0 Å². The highest BCUT2D eigenvalue weighted by atomic mass is 16.6. The molecule has 0 atom stereocenters. The van der Waals surface area contributed by atoms with Crippen molar-refractivity contribution in [3.8, 4) is 5.75 Å². The van der Waals surface area contributed by atoms with Crippen LogP contribution >= 0.6 is 0 Å². The molecule has 1 fully saturated rings. The summed E-state index contributed by atoms with van der Waals surface area (Å²) in [6, 6.07) is 3.63.